The standard InChI is InChI=1S/C24H21N3O6S/c1-13-5-10-18-17(11-13)22(28)20-21(15-6-8-16(9-7-15)34(30,31)26(3)4)27(24(29)23(20)32-18)19-12-14(2)33-25-19/h5-12,21H,1-4H3. The Morgan fingerprint density at radius 2 is 1.71 bits per heavy atom. The molecule has 34 heavy (non-hydrogen) atoms. The monoisotopic (exact) mass is 479 g/mol. The number of hydrogen-bond donors (Lipinski definition) is 0. The number of rotatable bonds is 4. The minimum absolute atomic E-state index is 0.0722. The summed E-state index contributed by atoms with van der Waals surface area (Å²) >= 11 is 0. The lowest BCUT2D eigenvalue weighted by atomic mass is 9.98. The van der Waals surface area contributed by atoms with Gasteiger partial charge in [-0.15, -0.1) is 0 Å². The van der Waals surface area contributed by atoms with Crippen LogP contribution in [0.4, 0.5) is 5.82 Å². The molecule has 0 bridgehead atoms. The Hall–Kier alpha value is -3.76. The van der Waals surface area contributed by atoms with Crippen molar-refractivity contribution in [2.45, 2.75) is 24.8 Å². The van der Waals surface area contributed by atoms with Crippen molar-refractivity contribution in [1.29, 1.82) is 0 Å². The van der Waals surface area contributed by atoms with Gasteiger partial charge in [0.1, 0.15) is 11.3 Å². The molecule has 2 aromatic carbocycles. The molecule has 9 nitrogen and oxygen atoms in total. The van der Waals surface area contributed by atoms with Gasteiger partial charge in [-0.05, 0) is 43.7 Å². The van der Waals surface area contributed by atoms with Crippen LogP contribution in [0, 0.1) is 13.8 Å². The van der Waals surface area contributed by atoms with Crippen LogP contribution in [0.15, 0.2) is 67.2 Å². The Bertz CT molecular complexity index is 1620. The predicted octanol–water partition coefficient (Wildman–Crippen LogP) is 3.40. The molecule has 2 aromatic heterocycles. The summed E-state index contributed by atoms with van der Waals surface area (Å²) in [6.45, 7) is 3.56. The van der Waals surface area contributed by atoms with E-state index in [2.05, 4.69) is 5.16 Å². The van der Waals surface area contributed by atoms with E-state index in [0.717, 1.165) is 9.87 Å². The van der Waals surface area contributed by atoms with Crippen molar-refractivity contribution >= 4 is 32.7 Å². The molecule has 0 fully saturated rings. The van der Waals surface area contributed by atoms with Gasteiger partial charge in [0, 0.05) is 20.2 Å². The highest BCUT2D eigenvalue weighted by molar-refractivity contribution is 7.89. The summed E-state index contributed by atoms with van der Waals surface area (Å²) in [4.78, 5) is 28.5. The molecule has 5 rings (SSSR count). The number of amides is 1. The van der Waals surface area contributed by atoms with Crippen LogP contribution < -0.4 is 10.3 Å². The van der Waals surface area contributed by atoms with E-state index < -0.39 is 22.0 Å². The molecule has 0 saturated heterocycles. The van der Waals surface area contributed by atoms with E-state index in [0.29, 0.717) is 22.3 Å². The number of carbonyl (C=O) groups is 1. The summed E-state index contributed by atoms with van der Waals surface area (Å²) in [5.41, 5.74) is 1.57. The van der Waals surface area contributed by atoms with Crippen LogP contribution in [0.2, 0.25) is 0 Å². The quantitative estimate of drug-likeness (QED) is 0.441. The van der Waals surface area contributed by atoms with Crippen molar-refractivity contribution in [3.63, 3.8) is 0 Å². The van der Waals surface area contributed by atoms with Crippen LogP contribution in [0.25, 0.3) is 11.0 Å². The van der Waals surface area contributed by atoms with Crippen LogP contribution in [0.3, 0.4) is 0 Å². The molecule has 0 aliphatic carbocycles. The average molecular weight is 480 g/mol. The molecular formula is C24H21N3O6S. The van der Waals surface area contributed by atoms with E-state index in [-0.39, 0.29) is 27.5 Å². The molecule has 1 aliphatic rings. The highest BCUT2D eigenvalue weighted by Crippen LogP contribution is 2.41. The molecule has 3 heterocycles. The second-order valence-electron chi connectivity index (χ2n) is 8.40. The van der Waals surface area contributed by atoms with Crippen molar-refractivity contribution in [3.05, 3.63) is 87.0 Å². The van der Waals surface area contributed by atoms with E-state index in [1.807, 2.05) is 6.92 Å². The SMILES string of the molecule is Cc1ccc2oc3c(c(=O)c2c1)C(c1ccc(S(=O)(=O)N(C)C)cc1)N(c1cc(C)on1)C3=O. The summed E-state index contributed by atoms with van der Waals surface area (Å²) in [7, 11) is -0.754. The van der Waals surface area contributed by atoms with E-state index in [9.17, 15) is 18.0 Å². The maximum Gasteiger partial charge on any atom is 0.296 e. The predicted molar refractivity (Wildman–Crippen MR) is 124 cm³/mol. The fourth-order valence-corrected chi connectivity index (χ4v) is 5.04. The molecule has 0 saturated carbocycles. The van der Waals surface area contributed by atoms with Crippen molar-refractivity contribution in [2.75, 3.05) is 19.0 Å². The van der Waals surface area contributed by atoms with Crippen LogP contribution in [0.5, 0.6) is 0 Å². The number of hydrogen-bond acceptors (Lipinski definition) is 7. The zero-order valence-corrected chi connectivity index (χ0v) is 19.7. The third-order valence-corrected chi connectivity index (χ3v) is 7.69. The number of fused-ring (bicyclic) bond motifs is 2. The van der Waals surface area contributed by atoms with Gasteiger partial charge in [0.25, 0.3) is 5.91 Å². The van der Waals surface area contributed by atoms with Gasteiger partial charge in [0.15, 0.2) is 11.2 Å². The van der Waals surface area contributed by atoms with E-state index in [1.165, 1.54) is 31.1 Å². The first-order valence-electron chi connectivity index (χ1n) is 10.5. The van der Waals surface area contributed by atoms with Gasteiger partial charge in [0.05, 0.1) is 21.9 Å². The van der Waals surface area contributed by atoms with Crippen molar-refractivity contribution in [2.24, 2.45) is 0 Å². The molecule has 0 N–H and O–H groups in total. The first kappa shape index (κ1) is 22.1. The number of sulfonamides is 1. The number of nitrogens with zero attached hydrogens (tertiary/aromatic N) is 3. The average Bonchev–Trinajstić information content (AvgIpc) is 3.35. The Morgan fingerprint density at radius 3 is 2.32 bits per heavy atom. The molecule has 174 valence electrons. The first-order chi connectivity index (χ1) is 16.1. The topological polar surface area (TPSA) is 114 Å². The number of benzene rings is 2. The number of carbonyl (C=O) groups excluding carboxylic acids is 1. The zero-order chi connectivity index (χ0) is 24.4. The van der Waals surface area contributed by atoms with E-state index in [1.54, 1.807) is 43.3 Å². The van der Waals surface area contributed by atoms with Crippen molar-refractivity contribution in [1.82, 2.24) is 9.46 Å². The summed E-state index contributed by atoms with van der Waals surface area (Å²) < 4.78 is 37.2. The summed E-state index contributed by atoms with van der Waals surface area (Å²) in [5, 5.41) is 4.35. The molecule has 0 radical (unpaired) electrons. The highest BCUT2D eigenvalue weighted by Gasteiger charge is 2.45. The normalized spacial score (nSPS) is 16.0. The van der Waals surface area contributed by atoms with Gasteiger partial charge in [-0.1, -0.05) is 28.9 Å². The minimum atomic E-state index is -3.65. The van der Waals surface area contributed by atoms with Gasteiger partial charge < -0.3 is 8.94 Å². The molecule has 10 heteroatoms. The molecule has 1 amide bonds. The lowest BCUT2D eigenvalue weighted by Gasteiger charge is -2.22. The van der Waals surface area contributed by atoms with Crippen molar-refractivity contribution in [3.8, 4) is 0 Å². The molecule has 1 aliphatic heterocycles. The Labute approximate surface area is 195 Å². The second kappa shape index (κ2) is 7.64. The number of aromatic nitrogens is 1. The Balaban J connectivity index is 1.75. The van der Waals surface area contributed by atoms with Crippen molar-refractivity contribution < 1.29 is 22.2 Å². The largest absolute Gasteiger partial charge is 0.450 e. The lowest BCUT2D eigenvalue weighted by molar-refractivity contribution is 0.0969. The molecular weight excluding hydrogens is 458 g/mol. The third kappa shape index (κ3) is 3.25. The molecule has 1 atom stereocenters. The molecule has 0 spiro atoms. The highest BCUT2D eigenvalue weighted by atomic mass is 32.2. The summed E-state index contributed by atoms with van der Waals surface area (Å²) in [6.07, 6.45) is 0. The van der Waals surface area contributed by atoms with E-state index in [4.69, 9.17) is 8.94 Å². The zero-order valence-electron chi connectivity index (χ0n) is 18.9. The van der Waals surface area contributed by atoms with Gasteiger partial charge in [-0.2, -0.15) is 0 Å². The number of aryl methyl sites for hydroxylation is 2. The fraction of sp³-hybridized carbons (Fsp3) is 0.208. The Kier molecular flexibility index (Phi) is 4.96. The van der Waals surface area contributed by atoms with Gasteiger partial charge >= 0.3 is 0 Å². The van der Waals surface area contributed by atoms with Crippen LogP contribution in [0.1, 0.15) is 39.0 Å². The minimum Gasteiger partial charge on any atom is -0.450 e. The van der Waals surface area contributed by atoms with Gasteiger partial charge in [-0.3, -0.25) is 14.5 Å². The second-order valence-corrected chi connectivity index (χ2v) is 10.6. The molecule has 1 unspecified atom stereocenters. The fourth-order valence-electron chi connectivity index (χ4n) is 4.14. The van der Waals surface area contributed by atoms with Crippen LogP contribution in [-0.4, -0.2) is 37.9 Å². The summed E-state index contributed by atoms with van der Waals surface area (Å²) in [6, 6.07) is 12.0. The maximum absolute atomic E-state index is 13.6. The first-order valence-corrected chi connectivity index (χ1v) is 11.9. The third-order valence-electron chi connectivity index (χ3n) is 5.86. The smallest absolute Gasteiger partial charge is 0.296 e. The summed E-state index contributed by atoms with van der Waals surface area (Å²) in [5.74, 6) is 0.114. The Morgan fingerprint density at radius 1 is 1.00 bits per heavy atom. The maximum atomic E-state index is 13.6. The van der Waals surface area contributed by atoms with Gasteiger partial charge in [-0.25, -0.2) is 12.7 Å². The lowest BCUT2D eigenvalue weighted by Crippen LogP contribution is -2.30. The molecule has 4 aromatic rings. The van der Waals surface area contributed by atoms with Crippen LogP contribution in [-0.2, 0) is 10.0 Å². The van der Waals surface area contributed by atoms with Gasteiger partial charge in [0.2, 0.25) is 15.8 Å². The number of anilines is 1. The van der Waals surface area contributed by atoms with E-state index >= 15 is 0 Å². The van der Waals surface area contributed by atoms with Crippen LogP contribution >= 0.6 is 0 Å².